The minimum absolute atomic E-state index is 0.107. The van der Waals surface area contributed by atoms with Gasteiger partial charge in [-0.1, -0.05) is 6.42 Å². The van der Waals surface area contributed by atoms with Gasteiger partial charge in [0.25, 0.3) is 0 Å². The molecule has 3 unspecified atom stereocenters. The molecule has 0 radical (unpaired) electrons. The van der Waals surface area contributed by atoms with Crippen LogP contribution in [0.25, 0.3) is 0 Å². The molecule has 1 fully saturated rings. The monoisotopic (exact) mass is 264 g/mol. The first-order chi connectivity index (χ1) is 9.02. The molecule has 1 heterocycles. The lowest BCUT2D eigenvalue weighted by Gasteiger charge is -2.44. The lowest BCUT2D eigenvalue weighted by Crippen LogP contribution is -2.49. The molecule has 19 heavy (non-hydrogen) atoms. The van der Waals surface area contributed by atoms with Gasteiger partial charge in [-0.3, -0.25) is 4.90 Å². The molecule has 0 spiro atoms. The second kappa shape index (κ2) is 5.80. The summed E-state index contributed by atoms with van der Waals surface area (Å²) in [5.74, 6) is 0.214. The van der Waals surface area contributed by atoms with Crippen molar-refractivity contribution in [3.8, 4) is 11.5 Å². The van der Waals surface area contributed by atoms with E-state index in [2.05, 4.69) is 18.7 Å². The third kappa shape index (κ3) is 3.01. The lowest BCUT2D eigenvalue weighted by molar-refractivity contribution is 0.0568. The van der Waals surface area contributed by atoms with Gasteiger partial charge < -0.3 is 15.9 Å². The Balaban J connectivity index is 2.27. The summed E-state index contributed by atoms with van der Waals surface area (Å²) in [5, 5.41) is 19.3. The molecule has 0 aliphatic carbocycles. The number of benzene rings is 1. The van der Waals surface area contributed by atoms with Crippen LogP contribution >= 0.6 is 0 Å². The number of nitrogens with two attached hydrogens (primary N) is 1. The number of piperidine rings is 1. The van der Waals surface area contributed by atoms with E-state index in [9.17, 15) is 10.2 Å². The summed E-state index contributed by atoms with van der Waals surface area (Å²) in [4.78, 5) is 2.41. The van der Waals surface area contributed by atoms with Gasteiger partial charge in [0.1, 0.15) is 11.5 Å². The summed E-state index contributed by atoms with van der Waals surface area (Å²) in [7, 11) is 0. The first-order valence-electron chi connectivity index (χ1n) is 7.03. The molecule has 4 N–H and O–H groups in total. The Kier molecular flexibility index (Phi) is 4.32. The lowest BCUT2D eigenvalue weighted by atomic mass is 9.92. The molecule has 0 bridgehead atoms. The van der Waals surface area contributed by atoms with Crippen molar-refractivity contribution < 1.29 is 10.2 Å². The summed E-state index contributed by atoms with van der Waals surface area (Å²) >= 11 is 0. The first kappa shape index (κ1) is 14.2. The highest BCUT2D eigenvalue weighted by Crippen LogP contribution is 2.34. The van der Waals surface area contributed by atoms with Crippen molar-refractivity contribution >= 4 is 0 Å². The zero-order chi connectivity index (χ0) is 14.0. The van der Waals surface area contributed by atoms with Crippen molar-refractivity contribution in [2.24, 2.45) is 5.73 Å². The van der Waals surface area contributed by atoms with Crippen molar-refractivity contribution in [2.45, 2.75) is 51.2 Å². The molecule has 1 saturated heterocycles. The molecule has 1 aromatic rings. The van der Waals surface area contributed by atoms with Crippen molar-refractivity contribution in [1.82, 2.24) is 4.90 Å². The Morgan fingerprint density at radius 2 is 1.89 bits per heavy atom. The van der Waals surface area contributed by atoms with E-state index in [0.29, 0.717) is 18.6 Å². The second-order valence-electron chi connectivity index (χ2n) is 5.58. The van der Waals surface area contributed by atoms with E-state index in [4.69, 9.17) is 5.73 Å². The van der Waals surface area contributed by atoms with Crippen molar-refractivity contribution in [3.63, 3.8) is 0 Å². The molecule has 4 nitrogen and oxygen atoms in total. The number of phenols is 2. The molecule has 0 saturated carbocycles. The third-order valence-electron chi connectivity index (χ3n) is 4.22. The molecular formula is C15H24N2O2. The largest absolute Gasteiger partial charge is 0.508 e. The molecule has 2 rings (SSSR count). The fraction of sp³-hybridized carbons (Fsp3) is 0.600. The van der Waals surface area contributed by atoms with Crippen LogP contribution in [-0.4, -0.2) is 33.7 Å². The Bertz CT molecular complexity index is 416. The Morgan fingerprint density at radius 3 is 2.47 bits per heavy atom. The van der Waals surface area contributed by atoms with Gasteiger partial charge in [0.15, 0.2) is 0 Å². The average molecular weight is 264 g/mol. The quantitative estimate of drug-likeness (QED) is 0.784. The van der Waals surface area contributed by atoms with Crippen LogP contribution < -0.4 is 5.73 Å². The predicted molar refractivity (Wildman–Crippen MR) is 76.2 cm³/mol. The maximum atomic E-state index is 9.63. The molecule has 3 atom stereocenters. The number of aromatic hydroxyl groups is 2. The maximum Gasteiger partial charge on any atom is 0.119 e. The van der Waals surface area contributed by atoms with Crippen molar-refractivity contribution in [1.29, 1.82) is 0 Å². The van der Waals surface area contributed by atoms with E-state index in [0.717, 1.165) is 12.0 Å². The van der Waals surface area contributed by atoms with Crippen LogP contribution in [0.3, 0.4) is 0 Å². The van der Waals surface area contributed by atoms with Gasteiger partial charge in [-0.05, 0) is 44.4 Å². The normalized spacial score (nSPS) is 26.3. The zero-order valence-corrected chi connectivity index (χ0v) is 11.7. The smallest absolute Gasteiger partial charge is 0.119 e. The first-order valence-corrected chi connectivity index (χ1v) is 7.03. The molecule has 1 aliphatic rings. The highest BCUT2D eigenvalue weighted by molar-refractivity contribution is 5.38. The zero-order valence-electron chi connectivity index (χ0n) is 11.7. The molecular weight excluding hydrogens is 240 g/mol. The van der Waals surface area contributed by atoms with Crippen LogP contribution in [0.5, 0.6) is 11.5 Å². The van der Waals surface area contributed by atoms with Gasteiger partial charge in [-0.25, -0.2) is 0 Å². The standard InChI is InChI=1S/C15H24N2O2/c1-10-4-3-5-13(9-16)17(10)11(2)12-6-14(18)8-15(19)7-12/h6-8,10-11,13,18-19H,3-5,9,16H2,1-2H3. The SMILES string of the molecule is CC1CCCC(CN)N1C(C)c1cc(O)cc(O)c1. The van der Waals surface area contributed by atoms with Gasteiger partial charge in [-0.15, -0.1) is 0 Å². The molecule has 1 aliphatic heterocycles. The summed E-state index contributed by atoms with van der Waals surface area (Å²) in [6.45, 7) is 4.99. The topological polar surface area (TPSA) is 69.7 Å². The Hall–Kier alpha value is -1.26. The van der Waals surface area contributed by atoms with Gasteiger partial charge in [0.2, 0.25) is 0 Å². The van der Waals surface area contributed by atoms with Crippen LogP contribution in [0.15, 0.2) is 18.2 Å². The number of rotatable bonds is 3. The minimum Gasteiger partial charge on any atom is -0.508 e. The average Bonchev–Trinajstić information content (AvgIpc) is 2.36. The fourth-order valence-electron chi connectivity index (χ4n) is 3.28. The molecule has 106 valence electrons. The second-order valence-corrected chi connectivity index (χ2v) is 5.58. The van der Waals surface area contributed by atoms with Crippen molar-refractivity contribution in [2.75, 3.05) is 6.54 Å². The summed E-state index contributed by atoms with van der Waals surface area (Å²) in [6.07, 6.45) is 3.51. The number of likely N-dealkylation sites (tertiary alicyclic amines) is 1. The maximum absolute atomic E-state index is 9.63. The van der Waals surface area contributed by atoms with E-state index in [1.54, 1.807) is 12.1 Å². The molecule has 1 aromatic carbocycles. The van der Waals surface area contributed by atoms with E-state index >= 15 is 0 Å². The number of hydrogen-bond acceptors (Lipinski definition) is 4. The van der Waals surface area contributed by atoms with Gasteiger partial charge in [0.05, 0.1) is 0 Å². The van der Waals surface area contributed by atoms with E-state index < -0.39 is 0 Å². The Morgan fingerprint density at radius 1 is 1.26 bits per heavy atom. The van der Waals surface area contributed by atoms with Crippen molar-refractivity contribution in [3.05, 3.63) is 23.8 Å². The highest BCUT2D eigenvalue weighted by atomic mass is 16.3. The van der Waals surface area contributed by atoms with Crippen LogP contribution in [0.1, 0.15) is 44.7 Å². The van der Waals surface area contributed by atoms with E-state index in [1.807, 2.05) is 0 Å². The predicted octanol–water partition coefficient (Wildman–Crippen LogP) is 2.36. The van der Waals surface area contributed by atoms with Crippen LogP contribution in [-0.2, 0) is 0 Å². The van der Waals surface area contributed by atoms with Crippen LogP contribution in [0.2, 0.25) is 0 Å². The van der Waals surface area contributed by atoms with Gasteiger partial charge >= 0.3 is 0 Å². The fourth-order valence-corrected chi connectivity index (χ4v) is 3.28. The van der Waals surface area contributed by atoms with Gasteiger partial charge in [0, 0.05) is 30.7 Å². The Labute approximate surface area is 114 Å². The number of nitrogens with zero attached hydrogens (tertiary/aromatic N) is 1. The summed E-state index contributed by atoms with van der Waals surface area (Å²) < 4.78 is 0. The van der Waals surface area contributed by atoms with E-state index in [1.165, 1.54) is 18.9 Å². The number of hydrogen-bond donors (Lipinski definition) is 3. The highest BCUT2D eigenvalue weighted by Gasteiger charge is 2.31. The summed E-state index contributed by atoms with van der Waals surface area (Å²) in [6, 6.07) is 5.79. The molecule has 0 aromatic heterocycles. The third-order valence-corrected chi connectivity index (χ3v) is 4.22. The molecule has 4 heteroatoms. The number of phenolic OH excluding ortho intramolecular Hbond substituents is 2. The summed E-state index contributed by atoms with van der Waals surface area (Å²) in [5.41, 5.74) is 6.83. The minimum atomic E-state index is 0.107. The van der Waals surface area contributed by atoms with Gasteiger partial charge in [-0.2, -0.15) is 0 Å². The van der Waals surface area contributed by atoms with E-state index in [-0.39, 0.29) is 17.5 Å². The van der Waals surface area contributed by atoms with Crippen LogP contribution in [0, 0.1) is 0 Å². The molecule has 0 amide bonds. The van der Waals surface area contributed by atoms with Crippen LogP contribution in [0.4, 0.5) is 0 Å².